The molecular formula is C34H36N2O3+2. The monoisotopic (exact) mass is 520 g/mol. The third-order valence-corrected chi connectivity index (χ3v) is 6.92. The van der Waals surface area contributed by atoms with Crippen molar-refractivity contribution in [1.82, 2.24) is 0 Å². The number of hydrogen-bond acceptors (Lipinski definition) is 3. The van der Waals surface area contributed by atoms with Crippen LogP contribution in [0.4, 0.5) is 5.69 Å². The molecule has 5 nitrogen and oxygen atoms in total. The van der Waals surface area contributed by atoms with Crippen molar-refractivity contribution in [2.75, 3.05) is 20.6 Å². The summed E-state index contributed by atoms with van der Waals surface area (Å²) in [6, 6.07) is 30.8. The number of hydrogen-bond donors (Lipinski definition) is 0. The van der Waals surface area contributed by atoms with E-state index in [1.54, 1.807) is 7.11 Å². The van der Waals surface area contributed by atoms with Gasteiger partial charge in [0.05, 0.1) is 18.2 Å². The highest BCUT2D eigenvalue weighted by Gasteiger charge is 2.28. The summed E-state index contributed by atoms with van der Waals surface area (Å²) >= 11 is 0. The first-order valence-corrected chi connectivity index (χ1v) is 13.2. The van der Waals surface area contributed by atoms with Crippen molar-refractivity contribution in [3.63, 3.8) is 0 Å². The molecule has 0 fully saturated rings. The summed E-state index contributed by atoms with van der Waals surface area (Å²) in [5.41, 5.74) is 6.94. The summed E-state index contributed by atoms with van der Waals surface area (Å²) < 4.78 is 21.4. The van der Waals surface area contributed by atoms with Crippen LogP contribution >= 0.6 is 0 Å². The number of benzene rings is 4. The lowest BCUT2D eigenvalue weighted by Gasteiger charge is -2.23. The summed E-state index contributed by atoms with van der Waals surface area (Å²) in [6.07, 6.45) is 4.32. The van der Waals surface area contributed by atoms with Gasteiger partial charge in [-0.25, -0.2) is 0 Å². The Bertz CT molecular complexity index is 1510. The Morgan fingerprint density at radius 3 is 2.05 bits per heavy atom. The number of ether oxygens (including phenoxy) is 3. The Morgan fingerprint density at radius 1 is 0.692 bits per heavy atom. The highest BCUT2D eigenvalue weighted by atomic mass is 16.5. The highest BCUT2D eigenvalue weighted by Crippen LogP contribution is 2.34. The molecule has 0 unspecified atom stereocenters. The summed E-state index contributed by atoms with van der Waals surface area (Å²) in [7, 11) is 1.67. The van der Waals surface area contributed by atoms with Gasteiger partial charge in [0.1, 0.15) is 17.2 Å². The van der Waals surface area contributed by atoms with Crippen molar-refractivity contribution in [1.29, 1.82) is 0 Å². The molecule has 6 rings (SSSR count). The van der Waals surface area contributed by atoms with Crippen LogP contribution in [0.2, 0.25) is 0 Å². The van der Waals surface area contributed by atoms with Crippen LogP contribution in [0.5, 0.6) is 17.2 Å². The van der Waals surface area contributed by atoms with Gasteiger partial charge in [0.25, 0.3) is 13.5 Å². The molecule has 0 amide bonds. The Labute approximate surface area is 231 Å². The molecule has 0 aliphatic carbocycles. The van der Waals surface area contributed by atoms with E-state index >= 15 is 0 Å². The topological polar surface area (TPSA) is 33.7 Å². The van der Waals surface area contributed by atoms with E-state index in [1.165, 1.54) is 16.7 Å². The maximum absolute atomic E-state index is 6.10. The molecular weight excluding hydrogens is 484 g/mol. The van der Waals surface area contributed by atoms with Gasteiger partial charge in [0.2, 0.25) is 5.69 Å². The molecule has 0 aromatic heterocycles. The van der Waals surface area contributed by atoms with Crippen LogP contribution < -0.4 is 14.2 Å². The number of rotatable bonds is 3. The van der Waals surface area contributed by atoms with Gasteiger partial charge in [0, 0.05) is 17.7 Å². The predicted octanol–water partition coefficient (Wildman–Crippen LogP) is 7.05. The quantitative estimate of drug-likeness (QED) is 0.272. The van der Waals surface area contributed by atoms with Gasteiger partial charge in [-0.05, 0) is 63.1 Å². The van der Waals surface area contributed by atoms with E-state index in [2.05, 4.69) is 97.8 Å². The van der Waals surface area contributed by atoms with E-state index in [4.69, 9.17) is 14.2 Å². The van der Waals surface area contributed by atoms with Crippen LogP contribution in [-0.2, 0) is 0 Å². The predicted molar refractivity (Wildman–Crippen MR) is 157 cm³/mol. The number of fused-ring (bicyclic) bond motifs is 2. The Balaban J connectivity index is 0.000000177. The van der Waals surface area contributed by atoms with E-state index in [1.807, 2.05) is 42.5 Å². The van der Waals surface area contributed by atoms with Crippen LogP contribution in [0.1, 0.15) is 37.5 Å². The molecule has 0 bridgehead atoms. The Kier molecular flexibility index (Phi) is 7.51. The summed E-state index contributed by atoms with van der Waals surface area (Å²) in [6.45, 7) is 9.78. The molecule has 0 radical (unpaired) electrons. The van der Waals surface area contributed by atoms with Crippen molar-refractivity contribution in [2.45, 2.75) is 33.2 Å². The first-order chi connectivity index (χ1) is 18.8. The number of aryl methyl sites for hydroxylation is 1. The molecule has 2 aliphatic rings. The van der Waals surface area contributed by atoms with Crippen molar-refractivity contribution < 1.29 is 23.4 Å². The van der Waals surface area contributed by atoms with E-state index in [9.17, 15) is 0 Å². The fraction of sp³-hybridized carbons (Fsp3) is 0.235. The zero-order chi connectivity index (χ0) is 27.4. The first-order valence-electron chi connectivity index (χ1n) is 13.2. The van der Waals surface area contributed by atoms with Gasteiger partial charge in [-0.3, -0.25) is 0 Å². The van der Waals surface area contributed by atoms with Crippen molar-refractivity contribution in [2.24, 2.45) is 0 Å². The molecule has 39 heavy (non-hydrogen) atoms. The van der Waals surface area contributed by atoms with Crippen LogP contribution in [0.25, 0.3) is 11.1 Å². The largest absolute Gasteiger partial charge is 0.497 e. The van der Waals surface area contributed by atoms with E-state index < -0.39 is 0 Å². The average Bonchev–Trinajstić information content (AvgIpc) is 2.97. The van der Waals surface area contributed by atoms with Gasteiger partial charge in [-0.15, -0.1) is 0 Å². The Hall–Kier alpha value is -4.38. The zero-order valence-electron chi connectivity index (χ0n) is 23.3. The highest BCUT2D eigenvalue weighted by molar-refractivity contribution is 5.87. The van der Waals surface area contributed by atoms with Crippen LogP contribution in [0.15, 0.2) is 91.0 Å². The van der Waals surface area contributed by atoms with Crippen LogP contribution in [0, 0.1) is 6.92 Å². The molecule has 0 N–H and O–H groups in total. The zero-order valence-corrected chi connectivity index (χ0v) is 23.3. The average molecular weight is 521 g/mol. The second kappa shape index (κ2) is 11.2. The Morgan fingerprint density at radius 2 is 1.36 bits per heavy atom. The molecule has 0 atom stereocenters. The minimum absolute atomic E-state index is 0.113. The van der Waals surface area contributed by atoms with E-state index in [0.29, 0.717) is 13.5 Å². The number of para-hydroxylation sites is 2. The fourth-order valence-electron chi connectivity index (χ4n) is 4.63. The molecule has 5 heteroatoms. The normalized spacial score (nSPS) is 13.8. The first kappa shape index (κ1) is 26.2. The maximum atomic E-state index is 6.10. The standard InChI is InChI=1S/C21H18NO2.C13H18NO/c1-23-19-12-10-18(11-13-19)22-14-17-8-5-9-20(21(17)24-15-22)16-6-3-2-4-7-16;1-10-6-5-7-11-8-14(13(2,3)4)9-15-12(10)11/h2-14H,15H2,1H3;5-8H,9H2,1-4H3/q2*+1. The van der Waals surface area contributed by atoms with Gasteiger partial charge in [-0.2, -0.15) is 9.15 Å². The maximum Gasteiger partial charge on any atom is 0.292 e. The molecule has 4 aromatic carbocycles. The minimum atomic E-state index is 0.113. The molecule has 2 heterocycles. The SMILES string of the molecule is COc1ccc([N+]2=Cc3cccc(-c4ccccc4)c3OC2)cc1.Cc1cccc2c1OC[N+](C(C)(C)C)=C2. The van der Waals surface area contributed by atoms with Gasteiger partial charge in [-0.1, -0.05) is 54.6 Å². The summed E-state index contributed by atoms with van der Waals surface area (Å²) in [5.74, 6) is 2.81. The summed E-state index contributed by atoms with van der Waals surface area (Å²) in [4.78, 5) is 0. The second-order valence-corrected chi connectivity index (χ2v) is 10.7. The van der Waals surface area contributed by atoms with Crippen LogP contribution in [-0.4, -0.2) is 47.7 Å². The third-order valence-electron chi connectivity index (χ3n) is 6.92. The smallest absolute Gasteiger partial charge is 0.292 e. The van der Waals surface area contributed by atoms with Crippen molar-refractivity contribution >= 4 is 18.1 Å². The lowest BCUT2D eigenvalue weighted by atomic mass is 10.0. The number of methoxy groups -OCH3 is 1. The van der Waals surface area contributed by atoms with Gasteiger partial charge >= 0.3 is 0 Å². The van der Waals surface area contributed by atoms with E-state index in [0.717, 1.165) is 34.1 Å². The lowest BCUT2D eigenvalue weighted by Crippen LogP contribution is -2.38. The molecule has 198 valence electrons. The van der Waals surface area contributed by atoms with Crippen LogP contribution in [0.3, 0.4) is 0 Å². The minimum Gasteiger partial charge on any atom is -0.497 e. The molecule has 0 saturated carbocycles. The van der Waals surface area contributed by atoms with Gasteiger partial charge in [0.15, 0.2) is 18.0 Å². The summed E-state index contributed by atoms with van der Waals surface area (Å²) in [5, 5.41) is 0. The molecule has 0 spiro atoms. The number of nitrogens with zero attached hydrogens (tertiary/aromatic N) is 2. The molecule has 4 aromatic rings. The molecule has 0 saturated heterocycles. The third kappa shape index (κ3) is 5.88. The lowest BCUT2D eigenvalue weighted by molar-refractivity contribution is -0.619. The van der Waals surface area contributed by atoms with E-state index in [-0.39, 0.29) is 5.54 Å². The van der Waals surface area contributed by atoms with Crippen molar-refractivity contribution in [3.8, 4) is 28.4 Å². The second-order valence-electron chi connectivity index (χ2n) is 10.7. The molecule has 2 aliphatic heterocycles. The van der Waals surface area contributed by atoms with Gasteiger partial charge < -0.3 is 14.2 Å². The van der Waals surface area contributed by atoms with Crippen molar-refractivity contribution in [3.05, 3.63) is 108 Å². The fourth-order valence-corrected chi connectivity index (χ4v) is 4.63.